The van der Waals surface area contributed by atoms with Gasteiger partial charge in [-0.25, -0.2) is 0 Å². The van der Waals surface area contributed by atoms with Crippen LogP contribution in [0.5, 0.6) is 11.5 Å². The quantitative estimate of drug-likeness (QED) is 0.497. The highest BCUT2D eigenvalue weighted by Crippen LogP contribution is 2.32. The van der Waals surface area contributed by atoms with Crippen LogP contribution in [-0.2, 0) is 17.8 Å². The summed E-state index contributed by atoms with van der Waals surface area (Å²) in [7, 11) is 0. The first kappa shape index (κ1) is 27.0. The highest BCUT2D eigenvalue weighted by Gasteiger charge is 2.41. The van der Waals surface area contributed by atoms with E-state index in [-0.39, 0.29) is 18.7 Å². The topological polar surface area (TPSA) is 66.1 Å². The Labute approximate surface area is 227 Å². The molecule has 7 heteroatoms. The lowest BCUT2D eigenvalue weighted by Crippen LogP contribution is -2.51. The third-order valence-corrected chi connectivity index (χ3v) is 8.44. The lowest BCUT2D eigenvalue weighted by Gasteiger charge is -2.39. The van der Waals surface area contributed by atoms with Gasteiger partial charge in [0.15, 0.2) is 11.5 Å². The Morgan fingerprint density at radius 2 is 1.87 bits per heavy atom. The van der Waals surface area contributed by atoms with E-state index in [0.717, 1.165) is 68.9 Å². The third-order valence-electron chi connectivity index (χ3n) is 8.44. The molecule has 0 aliphatic carbocycles. The second-order valence-electron chi connectivity index (χ2n) is 11.3. The van der Waals surface area contributed by atoms with E-state index < -0.39 is 0 Å². The molecule has 0 spiro atoms. The van der Waals surface area contributed by atoms with Crippen LogP contribution in [-0.4, -0.2) is 73.3 Å². The minimum absolute atomic E-state index is 0.0782. The minimum Gasteiger partial charge on any atom is -0.454 e. The van der Waals surface area contributed by atoms with Crippen LogP contribution < -0.4 is 20.1 Å². The van der Waals surface area contributed by atoms with Crippen molar-refractivity contribution in [3.05, 3.63) is 58.7 Å². The molecule has 5 rings (SSSR count). The molecule has 0 aromatic heterocycles. The van der Waals surface area contributed by atoms with Crippen molar-refractivity contribution in [2.24, 2.45) is 0 Å². The number of carbonyl (C=O) groups excluding carboxylic acids is 1. The maximum Gasteiger partial charge on any atom is 0.237 e. The number of hydrogen-bond donors (Lipinski definition) is 2. The van der Waals surface area contributed by atoms with Gasteiger partial charge in [-0.05, 0) is 94.4 Å². The first-order chi connectivity index (χ1) is 18.5. The maximum atomic E-state index is 13.5. The van der Waals surface area contributed by atoms with Crippen molar-refractivity contribution in [1.82, 2.24) is 20.4 Å². The Balaban J connectivity index is 1.20. The summed E-state index contributed by atoms with van der Waals surface area (Å²) in [4.78, 5) is 18.6. The largest absolute Gasteiger partial charge is 0.454 e. The number of hydrogen-bond acceptors (Lipinski definition) is 6. The normalized spacial score (nSPS) is 22.2. The number of rotatable bonds is 10. The summed E-state index contributed by atoms with van der Waals surface area (Å²) < 4.78 is 10.9. The van der Waals surface area contributed by atoms with E-state index in [9.17, 15) is 4.79 Å². The summed E-state index contributed by atoms with van der Waals surface area (Å²) in [6.45, 7) is 12.7. The number of nitrogens with zero attached hydrogens (tertiary/aromatic N) is 2. The molecule has 3 aliphatic heterocycles. The number of nitrogens with one attached hydrogen (secondary N) is 2. The zero-order valence-corrected chi connectivity index (χ0v) is 23.3. The van der Waals surface area contributed by atoms with E-state index in [1.54, 1.807) is 0 Å². The molecule has 0 unspecified atom stereocenters. The van der Waals surface area contributed by atoms with Gasteiger partial charge in [0.1, 0.15) is 0 Å². The molecule has 38 heavy (non-hydrogen) atoms. The van der Waals surface area contributed by atoms with Gasteiger partial charge < -0.3 is 25.0 Å². The summed E-state index contributed by atoms with van der Waals surface area (Å²) in [6, 6.07) is 13.4. The van der Waals surface area contributed by atoms with Gasteiger partial charge >= 0.3 is 0 Å². The van der Waals surface area contributed by atoms with E-state index in [1.807, 2.05) is 12.1 Å². The zero-order chi connectivity index (χ0) is 26.5. The second kappa shape index (κ2) is 12.5. The standard InChI is InChI=1S/C31H44N4O3/c1-4-13-34-14-10-27(11-15-34)35-20-26(33-19-25-16-22(2)5-6-23(25)3)18-28(35)31(36)32-12-9-24-7-8-29-30(17-24)38-21-37-29/h5-8,16-17,26-28,33H,4,9-15,18-21H2,1-3H3,(H,32,36)/t26-,28-/m0/s1. The first-order valence-corrected chi connectivity index (χ1v) is 14.4. The molecule has 3 aliphatic rings. The molecule has 2 saturated heterocycles. The lowest BCUT2D eigenvalue weighted by molar-refractivity contribution is -0.126. The molecule has 2 fully saturated rings. The number of fused-ring (bicyclic) bond motifs is 1. The van der Waals surface area contributed by atoms with Crippen molar-refractivity contribution in [3.8, 4) is 11.5 Å². The first-order valence-electron chi connectivity index (χ1n) is 14.4. The molecule has 2 aromatic carbocycles. The van der Waals surface area contributed by atoms with Crippen LogP contribution in [0.25, 0.3) is 0 Å². The van der Waals surface area contributed by atoms with Crippen LogP contribution in [0, 0.1) is 13.8 Å². The van der Waals surface area contributed by atoms with Gasteiger partial charge in [0.25, 0.3) is 0 Å². The van der Waals surface area contributed by atoms with Crippen LogP contribution in [0.15, 0.2) is 36.4 Å². The van der Waals surface area contributed by atoms with Crippen molar-refractivity contribution in [1.29, 1.82) is 0 Å². The number of benzene rings is 2. The molecular formula is C31H44N4O3. The van der Waals surface area contributed by atoms with E-state index >= 15 is 0 Å². The molecule has 206 valence electrons. The minimum atomic E-state index is -0.0782. The fourth-order valence-corrected chi connectivity index (χ4v) is 6.25. The molecule has 0 saturated carbocycles. The van der Waals surface area contributed by atoms with Crippen LogP contribution in [0.4, 0.5) is 0 Å². The fourth-order valence-electron chi connectivity index (χ4n) is 6.25. The number of aryl methyl sites for hydroxylation is 2. The van der Waals surface area contributed by atoms with Gasteiger partial charge in [0, 0.05) is 31.7 Å². The number of likely N-dealkylation sites (tertiary alicyclic amines) is 2. The summed E-state index contributed by atoms with van der Waals surface area (Å²) >= 11 is 0. The van der Waals surface area contributed by atoms with Crippen molar-refractivity contribution in [2.45, 2.75) is 77.5 Å². The molecule has 1 amide bonds. The molecule has 2 aromatic rings. The Morgan fingerprint density at radius 3 is 2.68 bits per heavy atom. The average molecular weight is 521 g/mol. The lowest BCUT2D eigenvalue weighted by atomic mass is 10.0. The number of piperidine rings is 1. The maximum absolute atomic E-state index is 13.5. The summed E-state index contributed by atoms with van der Waals surface area (Å²) in [5.41, 5.74) is 5.10. The zero-order valence-electron chi connectivity index (χ0n) is 23.3. The SMILES string of the molecule is CCCN1CCC(N2C[C@@H](NCc3cc(C)ccc3C)C[C@H]2C(=O)NCCc2ccc3c(c2)OCO3)CC1. The molecule has 3 heterocycles. The van der Waals surface area contributed by atoms with Gasteiger partial charge in [-0.2, -0.15) is 0 Å². The Morgan fingerprint density at radius 1 is 1.05 bits per heavy atom. The number of ether oxygens (including phenoxy) is 2. The predicted octanol–water partition coefficient (Wildman–Crippen LogP) is 3.80. The monoisotopic (exact) mass is 520 g/mol. The summed E-state index contributed by atoms with van der Waals surface area (Å²) in [5, 5.41) is 7.06. The summed E-state index contributed by atoms with van der Waals surface area (Å²) in [5.74, 6) is 1.75. The number of amides is 1. The summed E-state index contributed by atoms with van der Waals surface area (Å²) in [6.07, 6.45) is 5.12. The van der Waals surface area contributed by atoms with Gasteiger partial charge in [-0.1, -0.05) is 36.8 Å². The van der Waals surface area contributed by atoms with E-state index in [0.29, 0.717) is 18.6 Å². The third kappa shape index (κ3) is 6.50. The highest BCUT2D eigenvalue weighted by molar-refractivity contribution is 5.82. The highest BCUT2D eigenvalue weighted by atomic mass is 16.7. The Bertz CT molecular complexity index is 1100. The Kier molecular flexibility index (Phi) is 8.87. The van der Waals surface area contributed by atoms with E-state index in [1.165, 1.54) is 29.7 Å². The van der Waals surface area contributed by atoms with Crippen molar-refractivity contribution < 1.29 is 14.3 Å². The van der Waals surface area contributed by atoms with E-state index in [2.05, 4.69) is 65.5 Å². The van der Waals surface area contributed by atoms with Crippen LogP contribution in [0.2, 0.25) is 0 Å². The van der Waals surface area contributed by atoms with Gasteiger partial charge in [-0.15, -0.1) is 0 Å². The average Bonchev–Trinajstić information content (AvgIpc) is 3.57. The van der Waals surface area contributed by atoms with Gasteiger partial charge in [0.05, 0.1) is 6.04 Å². The molecule has 2 atom stereocenters. The molecular weight excluding hydrogens is 476 g/mol. The molecule has 0 radical (unpaired) electrons. The molecule has 2 N–H and O–H groups in total. The van der Waals surface area contributed by atoms with Crippen LogP contribution >= 0.6 is 0 Å². The van der Waals surface area contributed by atoms with Gasteiger partial charge in [0.2, 0.25) is 12.7 Å². The number of carbonyl (C=O) groups is 1. The predicted molar refractivity (Wildman–Crippen MR) is 151 cm³/mol. The van der Waals surface area contributed by atoms with Crippen molar-refractivity contribution >= 4 is 5.91 Å². The Hall–Kier alpha value is -2.61. The van der Waals surface area contributed by atoms with E-state index in [4.69, 9.17) is 9.47 Å². The fraction of sp³-hybridized carbons (Fsp3) is 0.581. The molecule has 7 nitrogen and oxygen atoms in total. The van der Waals surface area contributed by atoms with Crippen molar-refractivity contribution in [3.63, 3.8) is 0 Å². The van der Waals surface area contributed by atoms with Crippen LogP contribution in [0.1, 0.15) is 54.9 Å². The second-order valence-corrected chi connectivity index (χ2v) is 11.3. The molecule has 0 bridgehead atoms. The van der Waals surface area contributed by atoms with Crippen molar-refractivity contribution in [2.75, 3.05) is 39.5 Å². The smallest absolute Gasteiger partial charge is 0.237 e. The van der Waals surface area contributed by atoms with Gasteiger partial charge in [-0.3, -0.25) is 9.69 Å². The van der Waals surface area contributed by atoms with Crippen LogP contribution in [0.3, 0.4) is 0 Å².